The van der Waals surface area contributed by atoms with E-state index in [0.717, 1.165) is 0 Å². The maximum atomic E-state index is 12.1. The van der Waals surface area contributed by atoms with Gasteiger partial charge in [0, 0.05) is 23.9 Å². The maximum absolute atomic E-state index is 12.1. The van der Waals surface area contributed by atoms with E-state index in [4.69, 9.17) is 17.3 Å². The Labute approximate surface area is 121 Å². The Kier molecular flexibility index (Phi) is 5.66. The van der Waals surface area contributed by atoms with Crippen molar-refractivity contribution >= 4 is 34.9 Å². The second-order valence-electron chi connectivity index (χ2n) is 4.13. The standard InChI is InChI=1S/C13H15ClN2O4/c1-7(17)16-11-5-8(14)3-4-9(11)12(18)6-10(15)13(19)20-2/h3-5,10H,6,15H2,1-2H3,(H,16,17). The van der Waals surface area contributed by atoms with Crippen molar-refractivity contribution in [1.82, 2.24) is 0 Å². The fourth-order valence-corrected chi connectivity index (χ4v) is 1.77. The minimum absolute atomic E-state index is 0.221. The Balaban J connectivity index is 2.97. The van der Waals surface area contributed by atoms with Gasteiger partial charge in [0.15, 0.2) is 5.78 Å². The summed E-state index contributed by atoms with van der Waals surface area (Å²) in [5.41, 5.74) is 6.06. The van der Waals surface area contributed by atoms with E-state index in [1.54, 1.807) is 0 Å². The van der Waals surface area contributed by atoms with Crippen molar-refractivity contribution in [3.05, 3.63) is 28.8 Å². The van der Waals surface area contributed by atoms with Crippen LogP contribution in [-0.4, -0.2) is 30.8 Å². The lowest BCUT2D eigenvalue weighted by molar-refractivity contribution is -0.142. The molecule has 0 aliphatic carbocycles. The Hall–Kier alpha value is -1.92. The predicted octanol–water partition coefficient (Wildman–Crippen LogP) is 1.37. The van der Waals surface area contributed by atoms with Gasteiger partial charge >= 0.3 is 5.97 Å². The lowest BCUT2D eigenvalue weighted by Gasteiger charge is -2.12. The molecule has 3 N–H and O–H groups in total. The van der Waals surface area contributed by atoms with E-state index in [1.165, 1.54) is 32.2 Å². The first-order valence-electron chi connectivity index (χ1n) is 5.79. The number of ether oxygens (including phenoxy) is 1. The molecule has 0 aromatic heterocycles. The molecule has 6 nitrogen and oxygen atoms in total. The zero-order valence-electron chi connectivity index (χ0n) is 11.1. The van der Waals surface area contributed by atoms with Crippen LogP contribution in [0.25, 0.3) is 0 Å². The van der Waals surface area contributed by atoms with Crippen LogP contribution >= 0.6 is 11.6 Å². The van der Waals surface area contributed by atoms with Crippen LogP contribution in [0.2, 0.25) is 5.02 Å². The van der Waals surface area contributed by atoms with Gasteiger partial charge in [0.05, 0.1) is 12.8 Å². The van der Waals surface area contributed by atoms with Gasteiger partial charge in [-0.1, -0.05) is 11.6 Å². The summed E-state index contributed by atoms with van der Waals surface area (Å²) in [5, 5.41) is 2.89. The van der Waals surface area contributed by atoms with Crippen molar-refractivity contribution < 1.29 is 19.1 Å². The minimum Gasteiger partial charge on any atom is -0.468 e. The highest BCUT2D eigenvalue weighted by atomic mass is 35.5. The van der Waals surface area contributed by atoms with E-state index in [-0.39, 0.29) is 29.4 Å². The normalized spacial score (nSPS) is 11.6. The van der Waals surface area contributed by atoms with Crippen molar-refractivity contribution in [3.8, 4) is 0 Å². The molecule has 0 bridgehead atoms. The zero-order valence-corrected chi connectivity index (χ0v) is 11.9. The topological polar surface area (TPSA) is 98.5 Å². The number of amides is 1. The number of rotatable bonds is 5. The van der Waals surface area contributed by atoms with Crippen molar-refractivity contribution in [3.63, 3.8) is 0 Å². The number of carbonyl (C=O) groups is 3. The number of carbonyl (C=O) groups excluding carboxylic acids is 3. The van der Waals surface area contributed by atoms with Crippen LogP contribution in [0.3, 0.4) is 0 Å². The molecular formula is C13H15ClN2O4. The fraction of sp³-hybridized carbons (Fsp3) is 0.308. The molecule has 1 unspecified atom stereocenters. The number of methoxy groups -OCH3 is 1. The largest absolute Gasteiger partial charge is 0.468 e. The van der Waals surface area contributed by atoms with Crippen LogP contribution < -0.4 is 11.1 Å². The van der Waals surface area contributed by atoms with E-state index in [0.29, 0.717) is 5.02 Å². The fourth-order valence-electron chi connectivity index (χ4n) is 1.60. The van der Waals surface area contributed by atoms with Crippen LogP contribution in [0.15, 0.2) is 18.2 Å². The lowest BCUT2D eigenvalue weighted by Crippen LogP contribution is -2.34. The van der Waals surface area contributed by atoms with Crippen molar-refractivity contribution in [2.75, 3.05) is 12.4 Å². The van der Waals surface area contributed by atoms with Crippen LogP contribution in [0, 0.1) is 0 Å². The predicted molar refractivity (Wildman–Crippen MR) is 74.7 cm³/mol. The molecule has 0 radical (unpaired) electrons. The third kappa shape index (κ3) is 4.32. The summed E-state index contributed by atoms with van der Waals surface area (Å²) in [7, 11) is 1.19. The summed E-state index contributed by atoms with van der Waals surface area (Å²) in [6, 6.07) is 3.40. The van der Waals surface area contributed by atoms with Crippen molar-refractivity contribution in [2.24, 2.45) is 5.73 Å². The average molecular weight is 299 g/mol. The van der Waals surface area contributed by atoms with Gasteiger partial charge in [-0.3, -0.25) is 14.4 Å². The summed E-state index contributed by atoms with van der Waals surface area (Å²) >= 11 is 5.82. The molecule has 0 fully saturated rings. The first-order valence-corrected chi connectivity index (χ1v) is 6.16. The second kappa shape index (κ2) is 7.02. The number of ketones is 1. The third-order valence-electron chi connectivity index (χ3n) is 2.50. The first-order chi connectivity index (χ1) is 9.35. The smallest absolute Gasteiger partial charge is 0.323 e. The number of halogens is 1. The van der Waals surface area contributed by atoms with E-state index < -0.39 is 12.0 Å². The molecular weight excluding hydrogens is 284 g/mol. The highest BCUT2D eigenvalue weighted by molar-refractivity contribution is 6.31. The van der Waals surface area contributed by atoms with Crippen LogP contribution in [0.4, 0.5) is 5.69 Å². The molecule has 1 aromatic carbocycles. The van der Waals surface area contributed by atoms with Gasteiger partial charge in [0.25, 0.3) is 0 Å². The molecule has 1 rings (SSSR count). The number of nitrogens with one attached hydrogen (secondary N) is 1. The Bertz CT molecular complexity index is 545. The lowest BCUT2D eigenvalue weighted by atomic mass is 10.0. The number of nitrogens with two attached hydrogens (primary N) is 1. The van der Waals surface area contributed by atoms with Gasteiger partial charge < -0.3 is 15.8 Å². The Morgan fingerprint density at radius 1 is 1.40 bits per heavy atom. The summed E-state index contributed by atoms with van der Waals surface area (Å²) in [4.78, 5) is 34.4. The summed E-state index contributed by atoms with van der Waals surface area (Å²) in [6.45, 7) is 1.31. The molecule has 0 saturated heterocycles. The molecule has 0 saturated carbocycles. The molecule has 1 amide bonds. The van der Waals surface area contributed by atoms with E-state index >= 15 is 0 Å². The van der Waals surface area contributed by atoms with Crippen LogP contribution in [0.5, 0.6) is 0 Å². The Morgan fingerprint density at radius 2 is 2.05 bits per heavy atom. The molecule has 0 heterocycles. The number of esters is 1. The van der Waals surface area contributed by atoms with Gasteiger partial charge in [-0.2, -0.15) is 0 Å². The summed E-state index contributed by atoms with van der Waals surface area (Å²) < 4.78 is 4.46. The number of hydrogen-bond acceptors (Lipinski definition) is 5. The first kappa shape index (κ1) is 16.1. The highest BCUT2D eigenvalue weighted by Gasteiger charge is 2.21. The number of Topliss-reactive ketones (excluding diaryl/α,β-unsaturated/α-hetero) is 1. The molecule has 0 aliphatic heterocycles. The van der Waals surface area contributed by atoms with Gasteiger partial charge in [0.1, 0.15) is 6.04 Å². The van der Waals surface area contributed by atoms with Gasteiger partial charge in [-0.25, -0.2) is 0 Å². The van der Waals surface area contributed by atoms with Gasteiger partial charge in [0.2, 0.25) is 5.91 Å². The molecule has 0 aliphatic rings. The van der Waals surface area contributed by atoms with Crippen molar-refractivity contribution in [2.45, 2.75) is 19.4 Å². The summed E-state index contributed by atoms with van der Waals surface area (Å²) in [6.07, 6.45) is -0.221. The summed E-state index contributed by atoms with van der Waals surface area (Å²) in [5.74, 6) is -1.39. The Morgan fingerprint density at radius 3 is 2.60 bits per heavy atom. The van der Waals surface area contributed by atoms with Gasteiger partial charge in [-0.15, -0.1) is 0 Å². The van der Waals surface area contributed by atoms with E-state index in [2.05, 4.69) is 10.1 Å². The zero-order chi connectivity index (χ0) is 15.3. The monoisotopic (exact) mass is 298 g/mol. The van der Waals surface area contributed by atoms with Gasteiger partial charge in [-0.05, 0) is 18.2 Å². The second-order valence-corrected chi connectivity index (χ2v) is 4.56. The maximum Gasteiger partial charge on any atom is 0.323 e. The van der Waals surface area contributed by atoms with E-state index in [9.17, 15) is 14.4 Å². The quantitative estimate of drug-likeness (QED) is 0.632. The molecule has 20 heavy (non-hydrogen) atoms. The number of hydrogen-bond donors (Lipinski definition) is 2. The molecule has 1 atom stereocenters. The van der Waals surface area contributed by atoms with Crippen LogP contribution in [0.1, 0.15) is 23.7 Å². The SMILES string of the molecule is COC(=O)C(N)CC(=O)c1ccc(Cl)cc1NC(C)=O. The molecule has 0 spiro atoms. The van der Waals surface area contributed by atoms with Crippen LogP contribution in [-0.2, 0) is 14.3 Å². The molecule has 1 aromatic rings. The number of benzene rings is 1. The molecule has 7 heteroatoms. The highest BCUT2D eigenvalue weighted by Crippen LogP contribution is 2.22. The van der Waals surface area contributed by atoms with E-state index in [1.807, 2.05) is 0 Å². The van der Waals surface area contributed by atoms with Crippen molar-refractivity contribution in [1.29, 1.82) is 0 Å². The average Bonchev–Trinajstić information content (AvgIpc) is 2.36. The molecule has 108 valence electrons. The third-order valence-corrected chi connectivity index (χ3v) is 2.74. The minimum atomic E-state index is -1.05. The number of anilines is 1.